The second-order valence-electron chi connectivity index (χ2n) is 4.51. The first-order valence-corrected chi connectivity index (χ1v) is 6.36. The number of hydrogen-bond acceptors (Lipinski definition) is 5. The predicted molar refractivity (Wildman–Crippen MR) is 77.7 cm³/mol. The minimum Gasteiger partial charge on any atom is -0.334 e. The Morgan fingerprint density at radius 3 is 2.62 bits per heavy atom. The maximum Gasteiger partial charge on any atom is 0.260 e. The number of hydrogen-bond donors (Lipinski definition) is 0. The molecule has 102 valence electrons. The molecule has 21 heavy (non-hydrogen) atoms. The summed E-state index contributed by atoms with van der Waals surface area (Å²) in [5, 5.41) is 3.97. The normalized spacial score (nSPS) is 10.1. The molecular weight excluding hydrogens is 266 g/mol. The molecule has 0 fully saturated rings. The topological polar surface area (TPSA) is 68.3 Å². The van der Waals surface area contributed by atoms with Gasteiger partial charge in [-0.2, -0.15) is 9.98 Å². The molecule has 0 saturated carbocycles. The molecule has 0 amide bonds. The molecule has 5 heteroatoms. The number of aromatic nitrogens is 2. The van der Waals surface area contributed by atoms with Gasteiger partial charge in [0.1, 0.15) is 0 Å². The van der Waals surface area contributed by atoms with Gasteiger partial charge in [0.25, 0.3) is 5.89 Å². The Labute approximate surface area is 121 Å². The van der Waals surface area contributed by atoms with Crippen molar-refractivity contribution in [3.63, 3.8) is 0 Å². The molecule has 1 heterocycles. The molecule has 0 radical (unpaired) electrons. The lowest BCUT2D eigenvalue weighted by atomic mass is 10.1. The SMILES string of the molecule is Cc1ccc(-c2noc(-c3ccccc3N=C=O)n2)cc1. The average molecular weight is 277 g/mol. The minimum atomic E-state index is 0.320. The number of nitrogens with zero attached hydrogens (tertiary/aromatic N) is 3. The Morgan fingerprint density at radius 1 is 1.10 bits per heavy atom. The molecule has 3 rings (SSSR count). The molecule has 0 unspecified atom stereocenters. The van der Waals surface area contributed by atoms with Crippen molar-refractivity contribution in [2.45, 2.75) is 6.92 Å². The molecule has 0 aliphatic carbocycles. The molecule has 0 saturated heterocycles. The smallest absolute Gasteiger partial charge is 0.260 e. The lowest BCUT2D eigenvalue weighted by molar-refractivity contribution is 0.432. The average Bonchev–Trinajstić information content (AvgIpc) is 2.99. The van der Waals surface area contributed by atoms with Gasteiger partial charge >= 0.3 is 0 Å². The highest BCUT2D eigenvalue weighted by Gasteiger charge is 2.13. The molecule has 0 bridgehead atoms. The third-order valence-electron chi connectivity index (χ3n) is 3.04. The first-order valence-electron chi connectivity index (χ1n) is 6.36. The van der Waals surface area contributed by atoms with Gasteiger partial charge in [0.2, 0.25) is 11.9 Å². The van der Waals surface area contributed by atoms with Gasteiger partial charge in [0, 0.05) is 5.56 Å². The van der Waals surface area contributed by atoms with E-state index in [0.717, 1.165) is 11.1 Å². The van der Waals surface area contributed by atoms with Crippen LogP contribution in [0, 0.1) is 6.92 Å². The molecule has 1 aromatic heterocycles. The van der Waals surface area contributed by atoms with Gasteiger partial charge in [-0.05, 0) is 19.1 Å². The van der Waals surface area contributed by atoms with Crippen molar-refractivity contribution in [1.29, 1.82) is 0 Å². The van der Waals surface area contributed by atoms with Gasteiger partial charge in [0.15, 0.2) is 0 Å². The van der Waals surface area contributed by atoms with Crippen LogP contribution in [0.2, 0.25) is 0 Å². The number of aryl methyl sites for hydroxylation is 1. The van der Waals surface area contributed by atoms with Crippen molar-refractivity contribution < 1.29 is 9.32 Å². The number of carbonyl (C=O) groups excluding carboxylic acids is 1. The second-order valence-corrected chi connectivity index (χ2v) is 4.51. The molecule has 0 aliphatic rings. The van der Waals surface area contributed by atoms with Crippen LogP contribution in [-0.2, 0) is 4.79 Å². The van der Waals surface area contributed by atoms with E-state index in [0.29, 0.717) is 23.0 Å². The Bertz CT molecular complexity index is 816. The zero-order valence-corrected chi connectivity index (χ0v) is 11.3. The summed E-state index contributed by atoms with van der Waals surface area (Å²) < 4.78 is 5.27. The largest absolute Gasteiger partial charge is 0.334 e. The monoisotopic (exact) mass is 277 g/mol. The number of isocyanates is 1. The van der Waals surface area contributed by atoms with Crippen molar-refractivity contribution in [1.82, 2.24) is 10.1 Å². The van der Waals surface area contributed by atoms with Crippen LogP contribution in [0.25, 0.3) is 22.8 Å². The van der Waals surface area contributed by atoms with Gasteiger partial charge in [-0.3, -0.25) is 0 Å². The molecule has 5 nitrogen and oxygen atoms in total. The Hall–Kier alpha value is -3.04. The van der Waals surface area contributed by atoms with Crippen LogP contribution in [-0.4, -0.2) is 16.2 Å². The molecule has 0 aliphatic heterocycles. The minimum absolute atomic E-state index is 0.320. The zero-order valence-electron chi connectivity index (χ0n) is 11.3. The zero-order chi connectivity index (χ0) is 14.7. The molecule has 2 aromatic carbocycles. The van der Waals surface area contributed by atoms with Crippen LogP contribution in [0.1, 0.15) is 5.56 Å². The lowest BCUT2D eigenvalue weighted by Gasteiger charge is -1.97. The van der Waals surface area contributed by atoms with Crippen molar-refractivity contribution in [2.24, 2.45) is 4.99 Å². The third kappa shape index (κ3) is 2.63. The maximum absolute atomic E-state index is 10.5. The molecule has 0 atom stereocenters. The van der Waals surface area contributed by atoms with Crippen molar-refractivity contribution >= 4 is 11.8 Å². The highest BCUT2D eigenvalue weighted by atomic mass is 16.5. The Kier molecular flexibility index (Phi) is 3.41. The molecule has 3 aromatic rings. The maximum atomic E-state index is 10.5. The summed E-state index contributed by atoms with van der Waals surface area (Å²) in [4.78, 5) is 18.5. The highest BCUT2D eigenvalue weighted by molar-refractivity contribution is 5.72. The summed E-state index contributed by atoms with van der Waals surface area (Å²) in [5.74, 6) is 0.815. The van der Waals surface area contributed by atoms with Crippen LogP contribution >= 0.6 is 0 Å². The van der Waals surface area contributed by atoms with Crippen LogP contribution in [0.4, 0.5) is 5.69 Å². The van der Waals surface area contributed by atoms with Crippen molar-refractivity contribution in [2.75, 3.05) is 0 Å². The number of para-hydroxylation sites is 1. The van der Waals surface area contributed by atoms with E-state index < -0.39 is 0 Å². The van der Waals surface area contributed by atoms with Gasteiger partial charge in [-0.1, -0.05) is 47.1 Å². The van der Waals surface area contributed by atoms with Gasteiger partial charge in [-0.25, -0.2) is 4.79 Å². The van der Waals surface area contributed by atoms with Crippen LogP contribution in [0.15, 0.2) is 58.0 Å². The van der Waals surface area contributed by atoms with E-state index in [9.17, 15) is 4.79 Å². The van der Waals surface area contributed by atoms with Crippen LogP contribution in [0.5, 0.6) is 0 Å². The van der Waals surface area contributed by atoms with E-state index in [-0.39, 0.29) is 0 Å². The summed E-state index contributed by atoms with van der Waals surface area (Å²) in [6.07, 6.45) is 1.52. The van der Waals surface area contributed by atoms with Crippen molar-refractivity contribution in [3.05, 3.63) is 54.1 Å². The number of aliphatic imine (C=N–C) groups is 1. The summed E-state index contributed by atoms with van der Waals surface area (Å²) in [5.41, 5.74) is 3.08. The standard InChI is InChI=1S/C16H11N3O2/c1-11-6-8-12(9-7-11)15-18-16(21-19-15)13-4-2-3-5-14(13)17-10-20/h2-9H,1H3. The van der Waals surface area contributed by atoms with Gasteiger partial charge in [0.05, 0.1) is 11.3 Å². The molecule has 0 spiro atoms. The fourth-order valence-electron chi connectivity index (χ4n) is 1.95. The fourth-order valence-corrected chi connectivity index (χ4v) is 1.95. The van der Waals surface area contributed by atoms with E-state index >= 15 is 0 Å². The lowest BCUT2D eigenvalue weighted by Crippen LogP contribution is -1.82. The predicted octanol–water partition coefficient (Wildman–Crippen LogP) is 3.68. The van der Waals surface area contributed by atoms with E-state index in [1.807, 2.05) is 37.3 Å². The number of rotatable bonds is 3. The van der Waals surface area contributed by atoms with E-state index in [4.69, 9.17) is 4.52 Å². The summed E-state index contributed by atoms with van der Waals surface area (Å²) in [6.45, 7) is 2.01. The summed E-state index contributed by atoms with van der Waals surface area (Å²) in [7, 11) is 0. The summed E-state index contributed by atoms with van der Waals surface area (Å²) >= 11 is 0. The van der Waals surface area contributed by atoms with Gasteiger partial charge < -0.3 is 4.52 Å². The second kappa shape index (κ2) is 5.53. The van der Waals surface area contributed by atoms with Gasteiger partial charge in [-0.15, -0.1) is 0 Å². The van der Waals surface area contributed by atoms with Crippen molar-refractivity contribution in [3.8, 4) is 22.8 Å². The highest BCUT2D eigenvalue weighted by Crippen LogP contribution is 2.29. The first-order chi connectivity index (χ1) is 10.3. The third-order valence-corrected chi connectivity index (χ3v) is 3.04. The van der Waals surface area contributed by atoms with E-state index in [2.05, 4.69) is 15.1 Å². The van der Waals surface area contributed by atoms with Crippen LogP contribution < -0.4 is 0 Å². The Balaban J connectivity index is 2.02. The molecular formula is C16H11N3O2. The number of benzene rings is 2. The Morgan fingerprint density at radius 2 is 1.86 bits per heavy atom. The van der Waals surface area contributed by atoms with Crippen LogP contribution in [0.3, 0.4) is 0 Å². The first kappa shape index (κ1) is 13.0. The van der Waals surface area contributed by atoms with E-state index in [1.165, 1.54) is 6.08 Å². The van der Waals surface area contributed by atoms with E-state index in [1.54, 1.807) is 18.2 Å². The quantitative estimate of drug-likeness (QED) is 0.541. The molecule has 0 N–H and O–H groups in total. The summed E-state index contributed by atoms with van der Waals surface area (Å²) in [6, 6.07) is 14.9. The fraction of sp³-hybridized carbons (Fsp3) is 0.0625.